The van der Waals surface area contributed by atoms with Gasteiger partial charge in [0, 0.05) is 18.4 Å². The van der Waals surface area contributed by atoms with Crippen molar-refractivity contribution in [1.82, 2.24) is 10.3 Å². The Morgan fingerprint density at radius 3 is 2.67 bits per heavy atom. The molecule has 0 radical (unpaired) electrons. The van der Waals surface area contributed by atoms with Crippen molar-refractivity contribution in [2.45, 2.75) is 25.9 Å². The number of aryl methyl sites for hydroxylation is 1. The largest absolute Gasteiger partial charge is 0.497 e. The molecule has 1 atom stereocenters. The van der Waals surface area contributed by atoms with Crippen molar-refractivity contribution in [3.05, 3.63) is 89.2 Å². The average molecular weight is 401 g/mol. The minimum absolute atomic E-state index is 0.128. The highest BCUT2D eigenvalue weighted by atomic mass is 16.5. The fourth-order valence-electron chi connectivity index (χ4n) is 3.71. The molecule has 0 bridgehead atoms. The van der Waals surface area contributed by atoms with Gasteiger partial charge in [-0.1, -0.05) is 24.3 Å². The molecule has 1 N–H and O–H groups in total. The van der Waals surface area contributed by atoms with E-state index in [2.05, 4.69) is 10.3 Å². The van der Waals surface area contributed by atoms with Crippen molar-refractivity contribution in [3.63, 3.8) is 0 Å². The molecule has 2 amide bonds. The molecular formula is C24H23N3O3. The highest BCUT2D eigenvalue weighted by Gasteiger charge is 2.39. The van der Waals surface area contributed by atoms with Crippen molar-refractivity contribution in [3.8, 4) is 5.75 Å². The molecule has 6 heteroatoms. The Morgan fingerprint density at radius 2 is 1.93 bits per heavy atom. The number of hydrogen-bond acceptors (Lipinski definition) is 4. The minimum atomic E-state index is -0.439. The van der Waals surface area contributed by atoms with Crippen molar-refractivity contribution < 1.29 is 14.3 Å². The molecule has 1 aromatic heterocycles. The van der Waals surface area contributed by atoms with E-state index < -0.39 is 6.04 Å². The van der Waals surface area contributed by atoms with Crippen molar-refractivity contribution in [1.29, 1.82) is 0 Å². The first-order valence-electron chi connectivity index (χ1n) is 9.81. The van der Waals surface area contributed by atoms with Crippen LogP contribution in [0.3, 0.4) is 0 Å². The number of anilines is 1. The van der Waals surface area contributed by atoms with Crippen LogP contribution in [0.4, 0.5) is 5.69 Å². The van der Waals surface area contributed by atoms with E-state index in [0.717, 1.165) is 22.6 Å². The second kappa shape index (κ2) is 8.37. The summed E-state index contributed by atoms with van der Waals surface area (Å²) < 4.78 is 5.16. The molecule has 0 fully saturated rings. The topological polar surface area (TPSA) is 71.5 Å². The molecule has 0 aliphatic carbocycles. The third-order valence-electron chi connectivity index (χ3n) is 5.22. The smallest absolute Gasteiger partial charge is 0.260 e. The lowest BCUT2D eigenvalue weighted by molar-refractivity contribution is -0.121. The van der Waals surface area contributed by atoms with Gasteiger partial charge in [-0.25, -0.2) is 0 Å². The van der Waals surface area contributed by atoms with Crippen LogP contribution in [0.1, 0.15) is 39.6 Å². The standard InChI is InChI=1S/C24H23N3O3/c1-16-5-3-6-18(13-16)27-21(23-20(24(27)29)7-4-12-25-23)14-22(28)26-15-17-8-10-19(30-2)11-9-17/h3-13,21H,14-15H2,1-2H3,(H,26,28). The second-order valence-electron chi connectivity index (χ2n) is 7.30. The molecule has 152 valence electrons. The zero-order valence-electron chi connectivity index (χ0n) is 17.0. The van der Waals surface area contributed by atoms with Crippen LogP contribution in [0.5, 0.6) is 5.75 Å². The Labute approximate surface area is 175 Å². The number of nitrogens with one attached hydrogen (secondary N) is 1. The molecule has 6 nitrogen and oxygen atoms in total. The van der Waals surface area contributed by atoms with Gasteiger partial charge in [0.05, 0.1) is 30.8 Å². The third kappa shape index (κ3) is 3.89. The summed E-state index contributed by atoms with van der Waals surface area (Å²) in [5.74, 6) is 0.502. The zero-order valence-corrected chi connectivity index (χ0v) is 17.0. The highest BCUT2D eigenvalue weighted by Crippen LogP contribution is 2.38. The predicted molar refractivity (Wildman–Crippen MR) is 114 cm³/mol. The Morgan fingerprint density at radius 1 is 1.13 bits per heavy atom. The monoisotopic (exact) mass is 401 g/mol. The van der Waals surface area contributed by atoms with Gasteiger partial charge in [-0.05, 0) is 54.4 Å². The van der Waals surface area contributed by atoms with Crippen molar-refractivity contribution in [2.24, 2.45) is 0 Å². The first kappa shape index (κ1) is 19.6. The number of aromatic nitrogens is 1. The van der Waals surface area contributed by atoms with E-state index in [1.165, 1.54) is 0 Å². The van der Waals surface area contributed by atoms with Gasteiger partial charge in [0.15, 0.2) is 0 Å². The molecule has 4 rings (SSSR count). The summed E-state index contributed by atoms with van der Waals surface area (Å²) in [6.07, 6.45) is 1.80. The molecule has 2 aromatic carbocycles. The summed E-state index contributed by atoms with van der Waals surface area (Å²) in [5, 5.41) is 2.95. The fourth-order valence-corrected chi connectivity index (χ4v) is 3.71. The molecule has 3 aromatic rings. The van der Waals surface area contributed by atoms with Gasteiger partial charge < -0.3 is 10.1 Å². The maximum absolute atomic E-state index is 13.1. The normalized spacial score (nSPS) is 15.1. The van der Waals surface area contributed by atoms with Crippen LogP contribution in [0.15, 0.2) is 66.9 Å². The summed E-state index contributed by atoms with van der Waals surface area (Å²) in [5.41, 5.74) is 3.98. The summed E-state index contributed by atoms with van der Waals surface area (Å²) in [7, 11) is 1.62. The van der Waals surface area contributed by atoms with E-state index >= 15 is 0 Å². The number of amides is 2. The van der Waals surface area contributed by atoms with Gasteiger partial charge in [0.25, 0.3) is 5.91 Å². The van der Waals surface area contributed by atoms with E-state index in [9.17, 15) is 9.59 Å². The number of benzene rings is 2. The number of pyridine rings is 1. The number of carbonyl (C=O) groups excluding carboxylic acids is 2. The molecule has 0 spiro atoms. The quantitative estimate of drug-likeness (QED) is 0.682. The summed E-state index contributed by atoms with van der Waals surface area (Å²) >= 11 is 0. The minimum Gasteiger partial charge on any atom is -0.497 e. The molecule has 1 aliphatic rings. The Kier molecular flexibility index (Phi) is 5.48. The lowest BCUT2D eigenvalue weighted by Gasteiger charge is -2.25. The zero-order chi connectivity index (χ0) is 21.1. The van der Waals surface area contributed by atoms with E-state index in [-0.39, 0.29) is 18.2 Å². The number of rotatable bonds is 6. The second-order valence-corrected chi connectivity index (χ2v) is 7.30. The number of ether oxygens (including phenoxy) is 1. The third-order valence-corrected chi connectivity index (χ3v) is 5.22. The lowest BCUT2D eigenvalue weighted by atomic mass is 10.1. The number of nitrogens with zero attached hydrogens (tertiary/aromatic N) is 2. The maximum Gasteiger partial charge on any atom is 0.260 e. The van der Waals surface area contributed by atoms with E-state index in [0.29, 0.717) is 17.8 Å². The molecule has 0 saturated carbocycles. The Bertz CT molecular complexity index is 1080. The van der Waals surface area contributed by atoms with Crippen LogP contribution in [0.25, 0.3) is 0 Å². The van der Waals surface area contributed by atoms with E-state index in [1.807, 2.05) is 55.5 Å². The Hall–Kier alpha value is -3.67. The lowest BCUT2D eigenvalue weighted by Crippen LogP contribution is -2.33. The van der Waals surface area contributed by atoms with Gasteiger partial charge in [0.1, 0.15) is 5.75 Å². The molecule has 2 heterocycles. The number of carbonyl (C=O) groups is 2. The first-order valence-corrected chi connectivity index (χ1v) is 9.81. The maximum atomic E-state index is 13.1. The van der Waals surface area contributed by atoms with Gasteiger partial charge in [-0.3, -0.25) is 19.5 Å². The highest BCUT2D eigenvalue weighted by molar-refractivity contribution is 6.11. The van der Waals surface area contributed by atoms with E-state index in [4.69, 9.17) is 4.74 Å². The molecule has 1 aliphatic heterocycles. The first-order chi connectivity index (χ1) is 14.6. The molecule has 0 saturated heterocycles. The van der Waals surface area contributed by atoms with Gasteiger partial charge >= 0.3 is 0 Å². The van der Waals surface area contributed by atoms with Crippen molar-refractivity contribution in [2.75, 3.05) is 12.0 Å². The molecular weight excluding hydrogens is 378 g/mol. The molecule has 30 heavy (non-hydrogen) atoms. The number of hydrogen-bond donors (Lipinski definition) is 1. The van der Waals surface area contributed by atoms with E-state index in [1.54, 1.807) is 30.3 Å². The van der Waals surface area contributed by atoms with Gasteiger partial charge in [0.2, 0.25) is 5.91 Å². The number of fused-ring (bicyclic) bond motifs is 1. The summed E-state index contributed by atoms with van der Waals surface area (Å²) in [6, 6.07) is 18.3. The van der Waals surface area contributed by atoms with Crippen LogP contribution < -0.4 is 15.0 Å². The van der Waals surface area contributed by atoms with Crippen LogP contribution >= 0.6 is 0 Å². The molecule has 1 unspecified atom stereocenters. The van der Waals surface area contributed by atoms with Crippen LogP contribution in [-0.4, -0.2) is 23.9 Å². The van der Waals surface area contributed by atoms with Gasteiger partial charge in [-0.15, -0.1) is 0 Å². The number of methoxy groups -OCH3 is 1. The SMILES string of the molecule is COc1ccc(CNC(=O)CC2c3ncccc3C(=O)N2c2cccc(C)c2)cc1. The summed E-state index contributed by atoms with van der Waals surface area (Å²) in [4.78, 5) is 31.9. The average Bonchev–Trinajstić information content (AvgIpc) is 3.04. The summed E-state index contributed by atoms with van der Waals surface area (Å²) in [6.45, 7) is 2.38. The fraction of sp³-hybridized carbons (Fsp3) is 0.208. The van der Waals surface area contributed by atoms with Crippen LogP contribution in [-0.2, 0) is 11.3 Å². The predicted octanol–water partition coefficient (Wildman–Crippen LogP) is 3.81. The van der Waals surface area contributed by atoms with Gasteiger partial charge in [-0.2, -0.15) is 0 Å². The van der Waals surface area contributed by atoms with Crippen LogP contribution in [0, 0.1) is 6.92 Å². The van der Waals surface area contributed by atoms with Crippen molar-refractivity contribution >= 4 is 17.5 Å². The Balaban J connectivity index is 1.53. The van der Waals surface area contributed by atoms with Crippen LogP contribution in [0.2, 0.25) is 0 Å².